The molecule has 3 fully saturated rings. The van der Waals surface area contributed by atoms with Gasteiger partial charge in [-0.15, -0.1) is 5.10 Å². The number of aryl methyl sites for hydroxylation is 2. The van der Waals surface area contributed by atoms with Crippen LogP contribution >= 0.6 is 0 Å². The average molecular weight is 414 g/mol. The van der Waals surface area contributed by atoms with Crippen LogP contribution in [-0.4, -0.2) is 57.3 Å². The van der Waals surface area contributed by atoms with Crippen molar-refractivity contribution in [2.24, 2.45) is 5.92 Å². The third-order valence-electron chi connectivity index (χ3n) is 6.86. The average Bonchev–Trinajstić information content (AvgIpc) is 3.49. The molecule has 8 heteroatoms. The Labute approximate surface area is 176 Å². The van der Waals surface area contributed by atoms with Crippen molar-refractivity contribution >= 4 is 5.91 Å². The highest BCUT2D eigenvalue weighted by Gasteiger charge is 2.49. The van der Waals surface area contributed by atoms with Crippen LogP contribution in [0.5, 0.6) is 0 Å². The second kappa shape index (κ2) is 8.15. The third-order valence-corrected chi connectivity index (χ3v) is 6.86. The molecule has 162 valence electrons. The SMILES string of the molecule is Cc1cc(C(=O)N[C@H]2CO[C@H]3[C@@H]2OC[C@@H]3n2cc(CC3CCCCC3)nn2)c(C)[nH]1. The molecule has 2 aromatic rings. The number of aromatic amines is 1. The van der Waals surface area contributed by atoms with Gasteiger partial charge in [-0.1, -0.05) is 37.3 Å². The van der Waals surface area contributed by atoms with E-state index in [1.165, 1.54) is 32.1 Å². The van der Waals surface area contributed by atoms with Crippen molar-refractivity contribution < 1.29 is 14.3 Å². The molecular formula is C22H31N5O3. The number of carbonyl (C=O) groups is 1. The van der Waals surface area contributed by atoms with E-state index in [1.807, 2.05) is 24.6 Å². The minimum absolute atomic E-state index is 0.000692. The smallest absolute Gasteiger partial charge is 0.253 e. The molecule has 8 nitrogen and oxygen atoms in total. The fourth-order valence-corrected chi connectivity index (χ4v) is 5.29. The number of ether oxygens (including phenoxy) is 2. The molecule has 4 heterocycles. The van der Waals surface area contributed by atoms with Crippen molar-refractivity contribution in [2.75, 3.05) is 13.2 Å². The summed E-state index contributed by atoms with van der Waals surface area (Å²) in [5.74, 6) is 0.646. The second-order valence-electron chi connectivity index (χ2n) is 9.13. The van der Waals surface area contributed by atoms with E-state index in [0.29, 0.717) is 18.8 Å². The van der Waals surface area contributed by atoms with E-state index < -0.39 is 0 Å². The summed E-state index contributed by atoms with van der Waals surface area (Å²) in [7, 11) is 0. The van der Waals surface area contributed by atoms with E-state index >= 15 is 0 Å². The summed E-state index contributed by atoms with van der Waals surface area (Å²) in [6.07, 6.45) is 9.43. The molecule has 2 aliphatic heterocycles. The van der Waals surface area contributed by atoms with Gasteiger partial charge in [-0.05, 0) is 32.3 Å². The van der Waals surface area contributed by atoms with Gasteiger partial charge < -0.3 is 19.8 Å². The Balaban J connectivity index is 1.21. The first kappa shape index (κ1) is 19.8. The van der Waals surface area contributed by atoms with E-state index in [4.69, 9.17) is 9.47 Å². The van der Waals surface area contributed by atoms with Crippen molar-refractivity contribution in [3.8, 4) is 0 Å². The van der Waals surface area contributed by atoms with Crippen molar-refractivity contribution in [3.63, 3.8) is 0 Å². The van der Waals surface area contributed by atoms with E-state index in [1.54, 1.807) is 0 Å². The Morgan fingerprint density at radius 2 is 2.00 bits per heavy atom. The molecule has 2 N–H and O–H groups in total. The molecule has 1 amide bonds. The summed E-state index contributed by atoms with van der Waals surface area (Å²) < 4.78 is 14.0. The number of amides is 1. The van der Waals surface area contributed by atoms with Crippen LogP contribution in [0.25, 0.3) is 0 Å². The number of hydrogen-bond acceptors (Lipinski definition) is 5. The Morgan fingerprint density at radius 3 is 2.77 bits per heavy atom. The van der Waals surface area contributed by atoms with Gasteiger partial charge in [0.25, 0.3) is 5.91 Å². The molecule has 4 atom stereocenters. The highest BCUT2D eigenvalue weighted by molar-refractivity contribution is 5.95. The fourth-order valence-electron chi connectivity index (χ4n) is 5.29. The molecule has 3 aliphatic rings. The van der Waals surface area contributed by atoms with Gasteiger partial charge in [0.1, 0.15) is 18.2 Å². The molecule has 2 saturated heterocycles. The number of aromatic nitrogens is 4. The quantitative estimate of drug-likeness (QED) is 0.785. The molecule has 0 spiro atoms. The number of fused-ring (bicyclic) bond motifs is 1. The number of hydrogen-bond donors (Lipinski definition) is 2. The first-order valence-electron chi connectivity index (χ1n) is 11.2. The number of rotatable bonds is 5. The first-order chi connectivity index (χ1) is 14.6. The predicted octanol–water partition coefficient (Wildman–Crippen LogP) is 2.48. The van der Waals surface area contributed by atoms with E-state index in [0.717, 1.165) is 29.4 Å². The minimum atomic E-state index is -0.162. The number of H-pyrrole nitrogens is 1. The standard InChI is InChI=1S/C22H31N5O3/c1-13-8-17(14(2)23-13)22(28)24-18-11-29-21-19(12-30-20(18)21)27-10-16(25-26-27)9-15-6-4-3-5-7-15/h8,10,15,18-21,23H,3-7,9,11-12H2,1-2H3,(H,24,28)/t18-,19-,20+,21+/m0/s1. The van der Waals surface area contributed by atoms with Gasteiger partial charge in [0.05, 0.1) is 30.5 Å². The summed E-state index contributed by atoms with van der Waals surface area (Å²) in [5.41, 5.74) is 3.59. The number of carbonyl (C=O) groups excluding carboxylic acids is 1. The Morgan fingerprint density at radius 1 is 1.20 bits per heavy atom. The van der Waals surface area contributed by atoms with Gasteiger partial charge in [-0.25, -0.2) is 4.68 Å². The summed E-state index contributed by atoms with van der Waals surface area (Å²) in [5, 5.41) is 11.9. The largest absolute Gasteiger partial charge is 0.371 e. The maximum absolute atomic E-state index is 12.7. The molecule has 5 rings (SSSR count). The lowest BCUT2D eigenvalue weighted by Crippen LogP contribution is -2.44. The van der Waals surface area contributed by atoms with Gasteiger partial charge in [-0.2, -0.15) is 0 Å². The molecule has 0 bridgehead atoms. The first-order valence-corrected chi connectivity index (χ1v) is 11.2. The van der Waals surface area contributed by atoms with Crippen LogP contribution in [0.4, 0.5) is 0 Å². The van der Waals surface area contributed by atoms with Gasteiger partial charge in [0, 0.05) is 17.6 Å². The third kappa shape index (κ3) is 3.78. The van der Waals surface area contributed by atoms with Crippen LogP contribution in [0.2, 0.25) is 0 Å². The molecule has 1 saturated carbocycles. The fraction of sp³-hybridized carbons (Fsp3) is 0.682. The predicted molar refractivity (Wildman–Crippen MR) is 110 cm³/mol. The second-order valence-corrected chi connectivity index (χ2v) is 9.13. The Bertz CT molecular complexity index is 900. The molecule has 1 aliphatic carbocycles. The maximum atomic E-state index is 12.7. The van der Waals surface area contributed by atoms with E-state index in [2.05, 4.69) is 26.8 Å². The van der Waals surface area contributed by atoms with Crippen molar-refractivity contribution in [3.05, 3.63) is 34.9 Å². The Hall–Kier alpha value is -2.19. The van der Waals surface area contributed by atoms with Gasteiger partial charge in [-0.3, -0.25) is 4.79 Å². The zero-order valence-electron chi connectivity index (χ0n) is 17.8. The summed E-state index contributed by atoms with van der Waals surface area (Å²) in [4.78, 5) is 15.9. The molecule has 2 aromatic heterocycles. The maximum Gasteiger partial charge on any atom is 0.253 e. The van der Waals surface area contributed by atoms with E-state index in [9.17, 15) is 4.79 Å². The van der Waals surface area contributed by atoms with Gasteiger partial charge in [0.2, 0.25) is 0 Å². The van der Waals surface area contributed by atoms with Crippen LogP contribution in [0.3, 0.4) is 0 Å². The summed E-state index contributed by atoms with van der Waals surface area (Å²) >= 11 is 0. The molecule has 30 heavy (non-hydrogen) atoms. The molecule has 0 radical (unpaired) electrons. The monoisotopic (exact) mass is 413 g/mol. The summed E-state index contributed by atoms with van der Waals surface area (Å²) in [6, 6.07) is 1.72. The van der Waals surface area contributed by atoms with Crippen LogP contribution in [0, 0.1) is 19.8 Å². The lowest BCUT2D eigenvalue weighted by molar-refractivity contribution is 0.0613. The van der Waals surface area contributed by atoms with Crippen molar-refractivity contribution in [2.45, 2.75) is 76.7 Å². The van der Waals surface area contributed by atoms with Crippen molar-refractivity contribution in [1.29, 1.82) is 0 Å². The van der Waals surface area contributed by atoms with Gasteiger partial charge >= 0.3 is 0 Å². The number of nitrogens with one attached hydrogen (secondary N) is 2. The van der Waals surface area contributed by atoms with Crippen LogP contribution in [0.15, 0.2) is 12.3 Å². The molecule has 0 unspecified atom stereocenters. The normalized spacial score (nSPS) is 29.3. The lowest BCUT2D eigenvalue weighted by Gasteiger charge is -2.20. The highest BCUT2D eigenvalue weighted by Crippen LogP contribution is 2.34. The molecule has 0 aromatic carbocycles. The molecular weight excluding hydrogens is 382 g/mol. The van der Waals surface area contributed by atoms with Crippen LogP contribution in [0.1, 0.15) is 65.6 Å². The van der Waals surface area contributed by atoms with Crippen LogP contribution in [-0.2, 0) is 15.9 Å². The zero-order chi connectivity index (χ0) is 20.7. The van der Waals surface area contributed by atoms with Crippen molar-refractivity contribution in [1.82, 2.24) is 25.3 Å². The number of nitrogens with zero attached hydrogens (tertiary/aromatic N) is 3. The highest BCUT2D eigenvalue weighted by atomic mass is 16.6. The minimum Gasteiger partial charge on any atom is -0.371 e. The lowest BCUT2D eigenvalue weighted by atomic mass is 9.86. The van der Waals surface area contributed by atoms with E-state index in [-0.39, 0.29) is 30.2 Å². The topological polar surface area (TPSA) is 94.1 Å². The summed E-state index contributed by atoms with van der Waals surface area (Å²) in [6.45, 7) is 4.83. The van der Waals surface area contributed by atoms with Crippen LogP contribution < -0.4 is 5.32 Å². The zero-order valence-corrected chi connectivity index (χ0v) is 17.8. The van der Waals surface area contributed by atoms with Gasteiger partial charge in [0.15, 0.2) is 0 Å². The Kier molecular flexibility index (Phi) is 5.37.